The van der Waals surface area contributed by atoms with Crippen LogP contribution in [0.1, 0.15) is 47.9 Å². The third kappa shape index (κ3) is 3.44. The number of ketones is 1. The minimum absolute atomic E-state index is 0.0502. The standard InChI is InChI=1S/C21H22O5/c1-21(2)10-9-14-17(26-21)12-18(25-3)19(20(14)24)16(23)11-15(22)13-7-5-4-6-8-13/h4-10,12,15,22,24H,11H2,1-3H3/t15-/m0/s1. The first-order chi connectivity index (χ1) is 12.3. The number of aliphatic hydroxyl groups excluding tert-OH is 1. The van der Waals surface area contributed by atoms with Crippen molar-refractivity contribution in [3.05, 3.63) is 59.2 Å². The smallest absolute Gasteiger partial charge is 0.173 e. The van der Waals surface area contributed by atoms with E-state index in [0.29, 0.717) is 16.9 Å². The monoisotopic (exact) mass is 354 g/mol. The number of hydrogen-bond acceptors (Lipinski definition) is 5. The predicted molar refractivity (Wildman–Crippen MR) is 98.7 cm³/mol. The lowest BCUT2D eigenvalue weighted by molar-refractivity contribution is 0.0874. The Labute approximate surface area is 152 Å². The number of carbonyl (C=O) groups excluding carboxylic acids is 1. The van der Waals surface area contributed by atoms with E-state index in [1.165, 1.54) is 7.11 Å². The van der Waals surface area contributed by atoms with Crippen LogP contribution in [0.2, 0.25) is 0 Å². The van der Waals surface area contributed by atoms with Gasteiger partial charge in [0.1, 0.15) is 28.4 Å². The third-order valence-corrected chi connectivity index (χ3v) is 4.35. The zero-order valence-electron chi connectivity index (χ0n) is 15.0. The Bertz CT molecular complexity index is 852. The molecule has 1 heterocycles. The molecule has 26 heavy (non-hydrogen) atoms. The number of phenolic OH excluding ortho intramolecular Hbond substituents is 1. The second-order valence-corrected chi connectivity index (χ2v) is 6.81. The van der Waals surface area contributed by atoms with Crippen molar-refractivity contribution in [2.45, 2.75) is 32.0 Å². The summed E-state index contributed by atoms with van der Waals surface area (Å²) >= 11 is 0. The van der Waals surface area contributed by atoms with Crippen molar-refractivity contribution in [2.24, 2.45) is 0 Å². The van der Waals surface area contributed by atoms with Gasteiger partial charge in [0, 0.05) is 12.5 Å². The quantitative estimate of drug-likeness (QED) is 0.797. The van der Waals surface area contributed by atoms with Crippen LogP contribution in [0.5, 0.6) is 17.2 Å². The molecule has 0 spiro atoms. The molecule has 0 aromatic heterocycles. The molecule has 0 bridgehead atoms. The molecule has 1 atom stereocenters. The largest absolute Gasteiger partial charge is 0.506 e. The number of methoxy groups -OCH3 is 1. The summed E-state index contributed by atoms with van der Waals surface area (Å²) < 4.78 is 11.1. The van der Waals surface area contributed by atoms with Gasteiger partial charge in [-0.2, -0.15) is 0 Å². The van der Waals surface area contributed by atoms with E-state index in [0.717, 1.165) is 0 Å². The Kier molecular flexibility index (Phi) is 4.74. The lowest BCUT2D eigenvalue weighted by atomic mass is 9.94. The number of fused-ring (bicyclic) bond motifs is 1. The molecule has 5 nitrogen and oxygen atoms in total. The summed E-state index contributed by atoms with van der Waals surface area (Å²) in [6.07, 6.45) is 2.42. The van der Waals surface area contributed by atoms with Gasteiger partial charge in [-0.25, -0.2) is 0 Å². The Morgan fingerprint density at radius 2 is 1.96 bits per heavy atom. The Hall–Kier alpha value is -2.79. The van der Waals surface area contributed by atoms with E-state index in [1.54, 1.807) is 36.4 Å². The van der Waals surface area contributed by atoms with Crippen molar-refractivity contribution in [1.82, 2.24) is 0 Å². The highest BCUT2D eigenvalue weighted by Gasteiger charge is 2.29. The van der Waals surface area contributed by atoms with Crippen molar-refractivity contribution in [1.29, 1.82) is 0 Å². The van der Waals surface area contributed by atoms with Gasteiger partial charge in [0.05, 0.1) is 18.8 Å². The number of hydrogen-bond donors (Lipinski definition) is 2. The first-order valence-electron chi connectivity index (χ1n) is 8.41. The minimum atomic E-state index is -0.963. The number of aromatic hydroxyl groups is 1. The van der Waals surface area contributed by atoms with E-state index in [1.807, 2.05) is 26.0 Å². The van der Waals surface area contributed by atoms with Crippen LogP contribution in [0.3, 0.4) is 0 Å². The van der Waals surface area contributed by atoms with Gasteiger partial charge < -0.3 is 19.7 Å². The number of carbonyl (C=O) groups is 1. The maximum absolute atomic E-state index is 12.8. The number of aliphatic hydroxyl groups is 1. The summed E-state index contributed by atoms with van der Waals surface area (Å²) in [4.78, 5) is 12.8. The predicted octanol–water partition coefficient (Wildman–Crippen LogP) is 3.89. The van der Waals surface area contributed by atoms with Crippen LogP contribution < -0.4 is 9.47 Å². The summed E-state index contributed by atoms with van der Waals surface area (Å²) in [6, 6.07) is 10.5. The van der Waals surface area contributed by atoms with E-state index in [-0.39, 0.29) is 23.5 Å². The Balaban J connectivity index is 1.96. The average molecular weight is 354 g/mol. The van der Waals surface area contributed by atoms with Crippen molar-refractivity contribution >= 4 is 11.9 Å². The fourth-order valence-corrected chi connectivity index (χ4v) is 2.99. The van der Waals surface area contributed by atoms with Crippen LogP contribution in [-0.2, 0) is 0 Å². The number of benzene rings is 2. The SMILES string of the molecule is COc1cc2c(c(O)c1C(=O)C[C@H](O)c1ccccc1)C=CC(C)(C)O2. The summed E-state index contributed by atoms with van der Waals surface area (Å²) in [7, 11) is 1.43. The lowest BCUT2D eigenvalue weighted by Crippen LogP contribution is -2.27. The number of phenols is 1. The third-order valence-electron chi connectivity index (χ3n) is 4.35. The molecule has 1 aliphatic rings. The number of ether oxygens (including phenoxy) is 2. The van der Waals surface area contributed by atoms with Gasteiger partial charge in [-0.1, -0.05) is 30.3 Å². The van der Waals surface area contributed by atoms with Crippen molar-refractivity contribution < 1.29 is 24.5 Å². The van der Waals surface area contributed by atoms with E-state index in [2.05, 4.69) is 0 Å². The molecule has 2 N–H and O–H groups in total. The molecular formula is C21H22O5. The molecule has 3 rings (SSSR count). The molecule has 1 aliphatic heterocycles. The second kappa shape index (κ2) is 6.84. The van der Waals surface area contributed by atoms with Gasteiger partial charge in [-0.3, -0.25) is 4.79 Å². The van der Waals surface area contributed by atoms with Gasteiger partial charge in [0.25, 0.3) is 0 Å². The zero-order chi connectivity index (χ0) is 18.9. The fourth-order valence-electron chi connectivity index (χ4n) is 2.99. The molecule has 136 valence electrons. The van der Waals surface area contributed by atoms with Gasteiger partial charge in [-0.05, 0) is 31.6 Å². The highest BCUT2D eigenvalue weighted by atomic mass is 16.5. The summed E-state index contributed by atoms with van der Waals surface area (Å²) in [5.74, 6) is 0.0673. The van der Waals surface area contributed by atoms with E-state index >= 15 is 0 Å². The molecular weight excluding hydrogens is 332 g/mol. The molecule has 0 radical (unpaired) electrons. The van der Waals surface area contributed by atoms with Crippen molar-refractivity contribution in [3.8, 4) is 17.2 Å². The van der Waals surface area contributed by atoms with E-state index in [9.17, 15) is 15.0 Å². The van der Waals surface area contributed by atoms with Gasteiger partial charge in [-0.15, -0.1) is 0 Å². The molecule has 2 aromatic rings. The normalized spacial score (nSPS) is 15.7. The lowest BCUT2D eigenvalue weighted by Gasteiger charge is -2.29. The number of Topliss-reactive ketones (excluding diaryl/α,β-unsaturated/α-hetero) is 1. The molecule has 0 saturated carbocycles. The maximum atomic E-state index is 12.8. The summed E-state index contributed by atoms with van der Waals surface area (Å²) in [5.41, 5.74) is 0.610. The first kappa shape index (κ1) is 18.0. The van der Waals surface area contributed by atoms with Crippen molar-refractivity contribution in [3.63, 3.8) is 0 Å². The Morgan fingerprint density at radius 3 is 2.62 bits per heavy atom. The Morgan fingerprint density at radius 1 is 1.27 bits per heavy atom. The topological polar surface area (TPSA) is 76.0 Å². The summed E-state index contributed by atoms with van der Waals surface area (Å²) in [6.45, 7) is 3.79. The number of rotatable bonds is 5. The minimum Gasteiger partial charge on any atom is -0.506 e. The van der Waals surface area contributed by atoms with Crippen LogP contribution in [0.15, 0.2) is 42.5 Å². The first-order valence-corrected chi connectivity index (χ1v) is 8.41. The highest BCUT2D eigenvalue weighted by molar-refractivity contribution is 6.03. The average Bonchev–Trinajstić information content (AvgIpc) is 2.60. The zero-order valence-corrected chi connectivity index (χ0v) is 15.0. The molecule has 0 saturated heterocycles. The second-order valence-electron chi connectivity index (χ2n) is 6.81. The van der Waals surface area contributed by atoms with Gasteiger partial charge in [0.15, 0.2) is 5.78 Å². The van der Waals surface area contributed by atoms with Crippen LogP contribution in [0.25, 0.3) is 6.08 Å². The van der Waals surface area contributed by atoms with E-state index in [4.69, 9.17) is 9.47 Å². The molecule has 5 heteroatoms. The van der Waals surface area contributed by atoms with Gasteiger partial charge in [0.2, 0.25) is 0 Å². The van der Waals surface area contributed by atoms with E-state index < -0.39 is 17.5 Å². The van der Waals surface area contributed by atoms with Crippen LogP contribution in [0, 0.1) is 0 Å². The van der Waals surface area contributed by atoms with Crippen molar-refractivity contribution in [2.75, 3.05) is 7.11 Å². The van der Waals surface area contributed by atoms with Crippen LogP contribution >= 0.6 is 0 Å². The fraction of sp³-hybridized carbons (Fsp3) is 0.286. The van der Waals surface area contributed by atoms with Gasteiger partial charge >= 0.3 is 0 Å². The molecule has 0 aliphatic carbocycles. The molecule has 0 amide bonds. The molecule has 0 fully saturated rings. The maximum Gasteiger partial charge on any atom is 0.173 e. The highest BCUT2D eigenvalue weighted by Crippen LogP contribution is 2.44. The van der Waals surface area contributed by atoms with Crippen LogP contribution in [0.4, 0.5) is 0 Å². The molecule has 0 unspecified atom stereocenters. The van der Waals surface area contributed by atoms with Crippen LogP contribution in [-0.4, -0.2) is 28.7 Å². The molecule has 2 aromatic carbocycles. The summed E-state index contributed by atoms with van der Waals surface area (Å²) in [5, 5.41) is 21.0.